The Morgan fingerprint density at radius 2 is 1.65 bits per heavy atom. The van der Waals surface area contributed by atoms with E-state index in [-0.39, 0.29) is 55.1 Å². The number of hydrogen-bond acceptors (Lipinski definition) is 12. The number of amides is 4. The molecular formula is C42H61ClN4O12S. The number of nitrogens with one attached hydrogen (secondary N) is 4. The van der Waals surface area contributed by atoms with Crippen LogP contribution in [0.25, 0.3) is 0 Å². The van der Waals surface area contributed by atoms with Crippen molar-refractivity contribution in [2.45, 2.75) is 139 Å². The van der Waals surface area contributed by atoms with Crippen LogP contribution in [0.3, 0.4) is 0 Å². The molecular weight excluding hydrogens is 820 g/mol. The highest BCUT2D eigenvalue weighted by atomic mass is 35.5. The number of thioether (sulfide) groups is 1. The smallest absolute Gasteiger partial charge is 0.306 e. The molecule has 0 spiro atoms. The predicted octanol–water partition coefficient (Wildman–Crippen LogP) is 2.72. The Morgan fingerprint density at radius 3 is 2.28 bits per heavy atom. The monoisotopic (exact) mass is 880 g/mol. The van der Waals surface area contributed by atoms with Crippen LogP contribution in [0.4, 0.5) is 0 Å². The molecule has 4 rings (SSSR count). The Balaban J connectivity index is 1.32. The number of rotatable bonds is 19. The van der Waals surface area contributed by atoms with Crippen molar-refractivity contribution in [1.82, 2.24) is 21.3 Å². The quantitative estimate of drug-likeness (QED) is 0.0474. The fraction of sp³-hybridized carbons (Fsp3) is 0.714. The zero-order chi connectivity index (χ0) is 45.0. The maximum Gasteiger partial charge on any atom is 0.306 e. The zero-order valence-electron chi connectivity index (χ0n) is 35.7. The first-order chi connectivity index (χ1) is 28.0. The summed E-state index contributed by atoms with van der Waals surface area (Å²) in [6, 6.07) is -2.12. The summed E-state index contributed by atoms with van der Waals surface area (Å²) in [5.74, 6) is -5.72. The van der Waals surface area contributed by atoms with Crippen LogP contribution in [-0.4, -0.2) is 116 Å². The lowest BCUT2D eigenvalue weighted by Gasteiger charge is -2.64. The van der Waals surface area contributed by atoms with Crippen LogP contribution in [0, 0.1) is 28.6 Å². The number of Topliss-reactive ketones (excluding diaryl/α,β-unsaturated/α-hetero) is 1. The van der Waals surface area contributed by atoms with Gasteiger partial charge in [-0.1, -0.05) is 53.2 Å². The van der Waals surface area contributed by atoms with Crippen molar-refractivity contribution < 1.29 is 58.0 Å². The van der Waals surface area contributed by atoms with Crippen LogP contribution < -0.4 is 21.3 Å². The number of allylic oxidation sites excluding steroid dienone is 4. The third-order valence-corrected chi connectivity index (χ3v) is 15.2. The van der Waals surface area contributed by atoms with Crippen LogP contribution in [0.5, 0.6) is 0 Å². The Morgan fingerprint density at radius 1 is 0.983 bits per heavy atom. The molecule has 6 N–H and O–H groups in total. The largest absolute Gasteiger partial charge is 0.481 e. The number of esters is 1. The highest BCUT2D eigenvalue weighted by Gasteiger charge is 2.76. The van der Waals surface area contributed by atoms with E-state index in [0.717, 1.165) is 5.57 Å². The summed E-state index contributed by atoms with van der Waals surface area (Å²) in [7, 11) is 0. The average molecular weight is 881 g/mol. The SMILES string of the molecule is CCC(=O)O[C@]1(C(=O)COCNC(=O)[C@H](C)NC(=O)[C@H](C)NC(=O)CCNC(=O)C(CC(=O)O)SC(C)C)[C@@H](C)CC2[C@@H]3CCC4=CC(=O)C=C[C@]4(C)[C@@]3(Cl)[C@@H](O)C[C@@]21C. The maximum atomic E-state index is 14.4. The fourth-order valence-corrected chi connectivity index (χ4v) is 11.7. The molecule has 0 radical (unpaired) electrons. The molecule has 0 saturated heterocycles. The van der Waals surface area contributed by atoms with E-state index >= 15 is 0 Å². The molecule has 3 fully saturated rings. The second kappa shape index (κ2) is 19.5. The number of hydrogen-bond donors (Lipinski definition) is 6. The molecule has 0 aromatic rings. The molecule has 11 atom stereocenters. The van der Waals surface area contributed by atoms with Crippen molar-refractivity contribution in [2.75, 3.05) is 19.9 Å². The Hall–Kier alpha value is -3.80. The highest BCUT2D eigenvalue weighted by molar-refractivity contribution is 8.01. The zero-order valence-corrected chi connectivity index (χ0v) is 37.3. The first-order valence-electron chi connectivity index (χ1n) is 20.6. The van der Waals surface area contributed by atoms with Crippen molar-refractivity contribution in [1.29, 1.82) is 0 Å². The first kappa shape index (κ1) is 48.9. The summed E-state index contributed by atoms with van der Waals surface area (Å²) >= 11 is 8.78. The average Bonchev–Trinajstić information content (AvgIpc) is 3.38. The lowest BCUT2D eigenvalue weighted by Crippen LogP contribution is -2.69. The number of fused-ring (bicyclic) bond motifs is 5. The third-order valence-electron chi connectivity index (χ3n) is 13.0. The number of carboxylic acid groups (broad SMARTS) is 1. The molecule has 2 unspecified atom stereocenters. The van der Waals surface area contributed by atoms with Crippen LogP contribution in [0.1, 0.15) is 100 Å². The van der Waals surface area contributed by atoms with Gasteiger partial charge in [-0.3, -0.25) is 38.4 Å². The molecule has 4 aliphatic carbocycles. The molecule has 60 heavy (non-hydrogen) atoms. The van der Waals surface area contributed by atoms with Gasteiger partial charge in [-0.05, 0) is 68.8 Å². The van der Waals surface area contributed by atoms with Crippen molar-refractivity contribution in [3.63, 3.8) is 0 Å². The molecule has 0 aromatic carbocycles. The number of carbonyl (C=O) groups excluding carboxylic acids is 7. The van der Waals surface area contributed by atoms with E-state index in [0.29, 0.717) is 19.3 Å². The van der Waals surface area contributed by atoms with Crippen LogP contribution >= 0.6 is 23.4 Å². The number of carbonyl (C=O) groups is 8. The van der Waals surface area contributed by atoms with Gasteiger partial charge in [-0.15, -0.1) is 23.4 Å². The van der Waals surface area contributed by atoms with Gasteiger partial charge in [-0.2, -0.15) is 0 Å². The second-order valence-corrected chi connectivity index (χ2v) is 19.7. The van der Waals surface area contributed by atoms with Gasteiger partial charge in [0.1, 0.15) is 25.4 Å². The molecule has 4 amide bonds. The molecule has 0 aliphatic heterocycles. The molecule has 18 heteroatoms. The normalized spacial score (nSPS) is 31.9. The number of carboxylic acids is 1. The number of alkyl halides is 1. The predicted molar refractivity (Wildman–Crippen MR) is 222 cm³/mol. The highest BCUT2D eigenvalue weighted by Crippen LogP contribution is 2.72. The number of ketones is 2. The summed E-state index contributed by atoms with van der Waals surface area (Å²) in [5.41, 5.74) is -2.65. The summed E-state index contributed by atoms with van der Waals surface area (Å²) in [4.78, 5) is 100. The van der Waals surface area contributed by atoms with Gasteiger partial charge >= 0.3 is 11.9 Å². The van der Waals surface area contributed by atoms with Gasteiger partial charge in [0.2, 0.25) is 29.4 Å². The Labute approximate surface area is 360 Å². The van der Waals surface area contributed by atoms with Crippen molar-refractivity contribution in [3.05, 3.63) is 23.8 Å². The van der Waals surface area contributed by atoms with Crippen molar-refractivity contribution >= 4 is 70.5 Å². The fourth-order valence-electron chi connectivity index (χ4n) is 10.1. The third kappa shape index (κ3) is 9.63. The van der Waals surface area contributed by atoms with Gasteiger partial charge in [0.25, 0.3) is 0 Å². The van der Waals surface area contributed by atoms with Crippen LogP contribution in [-0.2, 0) is 47.8 Å². The molecule has 4 aliphatic rings. The molecule has 0 bridgehead atoms. The Bertz CT molecular complexity index is 1790. The number of aliphatic carboxylic acids is 1. The van der Waals surface area contributed by atoms with E-state index < -0.39 is 105 Å². The summed E-state index contributed by atoms with van der Waals surface area (Å²) < 4.78 is 11.8. The number of halogens is 1. The lowest BCUT2D eigenvalue weighted by atomic mass is 9.45. The Kier molecular flexibility index (Phi) is 15.9. The van der Waals surface area contributed by atoms with E-state index in [9.17, 15) is 43.5 Å². The van der Waals surface area contributed by atoms with E-state index in [1.165, 1.54) is 31.7 Å². The van der Waals surface area contributed by atoms with Gasteiger partial charge < -0.3 is 41.0 Å². The van der Waals surface area contributed by atoms with Gasteiger partial charge in [0.05, 0.1) is 22.6 Å². The first-order valence-corrected chi connectivity index (χ1v) is 22.0. The van der Waals surface area contributed by atoms with E-state index in [1.54, 1.807) is 19.1 Å². The minimum Gasteiger partial charge on any atom is -0.481 e. The molecule has 0 heterocycles. The summed E-state index contributed by atoms with van der Waals surface area (Å²) in [6.45, 7) is 12.8. The van der Waals surface area contributed by atoms with Gasteiger partial charge in [0.15, 0.2) is 11.4 Å². The van der Waals surface area contributed by atoms with E-state index in [4.69, 9.17) is 26.2 Å². The second-order valence-electron chi connectivity index (χ2n) is 17.3. The molecule has 334 valence electrons. The molecule has 0 aromatic heterocycles. The van der Waals surface area contributed by atoms with Gasteiger partial charge in [0, 0.05) is 36.1 Å². The number of aliphatic hydroxyl groups is 1. The number of ether oxygens (including phenoxy) is 2. The lowest BCUT2D eigenvalue weighted by molar-refractivity contribution is -0.203. The number of aliphatic hydroxyl groups excluding tert-OH is 1. The van der Waals surface area contributed by atoms with Crippen LogP contribution in [0.2, 0.25) is 0 Å². The van der Waals surface area contributed by atoms with E-state index in [2.05, 4.69) is 21.3 Å². The minimum atomic E-state index is -1.67. The van der Waals surface area contributed by atoms with Crippen LogP contribution in [0.15, 0.2) is 23.8 Å². The topological polar surface area (TPSA) is 244 Å². The van der Waals surface area contributed by atoms with Crippen molar-refractivity contribution in [3.8, 4) is 0 Å². The minimum absolute atomic E-state index is 0.00838. The summed E-state index contributed by atoms with van der Waals surface area (Å²) in [5, 5.41) is 30.4. The maximum absolute atomic E-state index is 14.4. The standard InChI is InChI=1S/C42H61ClN4O12S/c1-9-35(54)59-42(23(4)16-29-28-11-10-26-17-27(48)12-14-39(26,7)41(28,43)31(49)19-40(29,42)8)32(50)20-58-21-45-36(55)24(5)47-37(56)25(6)46-33(51)13-15-44-38(57)30(18-34(52)53)60-22(2)3/h12,14,17,22-25,28-31,49H,9-11,13,15-16,18-21H2,1-8H3,(H,44,57)(H,45,55)(H,46,51)(H,47,56)(H,52,53)/t23-,24-,25-,28-,29?,30?,31-,39-,40-,41-,42-/m0/s1. The summed E-state index contributed by atoms with van der Waals surface area (Å²) in [6.07, 6.45) is 4.91. The molecule has 3 saturated carbocycles. The molecule has 16 nitrogen and oxygen atoms in total. The van der Waals surface area contributed by atoms with Crippen molar-refractivity contribution in [2.24, 2.45) is 28.6 Å². The van der Waals surface area contributed by atoms with Gasteiger partial charge in [-0.25, -0.2) is 0 Å². The van der Waals surface area contributed by atoms with E-state index in [1.807, 2.05) is 34.6 Å².